The van der Waals surface area contributed by atoms with E-state index < -0.39 is 0 Å². The average Bonchev–Trinajstić information content (AvgIpc) is 3.37. The molecule has 0 saturated heterocycles. The molecule has 0 spiro atoms. The van der Waals surface area contributed by atoms with Gasteiger partial charge < -0.3 is 24.8 Å². The summed E-state index contributed by atoms with van der Waals surface area (Å²) in [6.07, 6.45) is 3.23. The number of hydrogen-bond donors (Lipinski definition) is 3. The van der Waals surface area contributed by atoms with Crippen LogP contribution < -0.4 is 25.4 Å². The zero-order valence-electron chi connectivity index (χ0n) is 19.0. The number of hydrogen-bond acceptors (Lipinski definition) is 8. The smallest absolute Gasteiger partial charge is 0.325 e. The second-order valence-corrected chi connectivity index (χ2v) is 8.06. The molecule has 0 aliphatic rings. The Kier molecular flexibility index (Phi) is 7.70. The van der Waals surface area contributed by atoms with Gasteiger partial charge in [-0.15, -0.1) is 11.3 Å². The van der Waals surface area contributed by atoms with Gasteiger partial charge in [0.25, 0.3) is 5.91 Å². The third kappa shape index (κ3) is 6.02. The first-order valence-electron chi connectivity index (χ1n) is 10.6. The number of amides is 3. The number of ether oxygens (including phenoxy) is 3. The van der Waals surface area contributed by atoms with Gasteiger partial charge in [0.2, 0.25) is 0 Å². The lowest BCUT2D eigenvalue weighted by Gasteiger charge is -2.13. The fourth-order valence-electron chi connectivity index (χ4n) is 3.22. The van der Waals surface area contributed by atoms with E-state index in [0.29, 0.717) is 57.7 Å². The van der Waals surface area contributed by atoms with Gasteiger partial charge in [0, 0.05) is 48.6 Å². The molecule has 4 rings (SSSR count). The van der Waals surface area contributed by atoms with Crippen LogP contribution in [0.2, 0.25) is 0 Å². The van der Waals surface area contributed by atoms with Crippen molar-refractivity contribution in [2.75, 3.05) is 38.0 Å². The maximum Gasteiger partial charge on any atom is 0.325 e. The van der Waals surface area contributed by atoms with Gasteiger partial charge in [-0.25, -0.2) is 9.78 Å². The monoisotopic (exact) mass is 493 g/mol. The number of anilines is 2. The molecule has 0 atom stereocenters. The van der Waals surface area contributed by atoms with Crippen LogP contribution in [-0.4, -0.2) is 49.3 Å². The zero-order chi connectivity index (χ0) is 24.6. The van der Waals surface area contributed by atoms with Crippen LogP contribution >= 0.6 is 11.3 Å². The van der Waals surface area contributed by atoms with E-state index in [1.807, 2.05) is 0 Å². The first kappa shape index (κ1) is 23.9. The van der Waals surface area contributed by atoms with E-state index in [1.54, 1.807) is 67.3 Å². The van der Waals surface area contributed by atoms with Crippen molar-refractivity contribution in [3.63, 3.8) is 0 Å². The van der Waals surface area contributed by atoms with E-state index in [2.05, 4.69) is 25.9 Å². The van der Waals surface area contributed by atoms with Gasteiger partial charge in [-0.05, 0) is 36.4 Å². The maximum atomic E-state index is 12.7. The van der Waals surface area contributed by atoms with Gasteiger partial charge in [-0.2, -0.15) is 0 Å². The Labute approximate surface area is 205 Å². The van der Waals surface area contributed by atoms with Crippen molar-refractivity contribution in [2.45, 2.75) is 0 Å². The topological polar surface area (TPSA) is 124 Å². The highest BCUT2D eigenvalue weighted by Crippen LogP contribution is 2.33. The summed E-state index contributed by atoms with van der Waals surface area (Å²) in [5, 5.41) is 11.1. The molecule has 11 heteroatoms. The lowest BCUT2D eigenvalue weighted by molar-refractivity contribution is 0.0934. The summed E-state index contributed by atoms with van der Waals surface area (Å²) in [4.78, 5) is 33.2. The Morgan fingerprint density at radius 2 is 1.80 bits per heavy atom. The van der Waals surface area contributed by atoms with Crippen LogP contribution in [0.5, 0.6) is 17.2 Å². The largest absolute Gasteiger partial charge is 0.496 e. The molecule has 10 nitrogen and oxygen atoms in total. The lowest BCUT2D eigenvalue weighted by Crippen LogP contribution is -2.27. The molecule has 0 bridgehead atoms. The molecule has 0 radical (unpaired) electrons. The second kappa shape index (κ2) is 11.3. The summed E-state index contributed by atoms with van der Waals surface area (Å²) in [5.74, 6) is 1.18. The minimum atomic E-state index is -0.390. The standard InChI is InChI=1S/C24H23N5O5S/c1-32-11-9-26-22(30)18-13-17-19(14-21(18)33-2)25-8-7-20(17)34-16-5-3-15(4-6-16)28-23(31)29-24-27-10-12-35-24/h3-8,10,12-14H,9,11H2,1-2H3,(H,26,30)(H2,27,28,29,31). The maximum absolute atomic E-state index is 12.7. The van der Waals surface area contributed by atoms with Crippen LogP contribution in [-0.2, 0) is 4.74 Å². The van der Waals surface area contributed by atoms with Crippen molar-refractivity contribution in [2.24, 2.45) is 0 Å². The van der Waals surface area contributed by atoms with Crippen LogP contribution in [0.1, 0.15) is 10.4 Å². The molecule has 3 N–H and O–H groups in total. The number of rotatable bonds is 9. The number of fused-ring (bicyclic) bond motifs is 1. The summed E-state index contributed by atoms with van der Waals surface area (Å²) in [5.41, 5.74) is 1.57. The van der Waals surface area contributed by atoms with Gasteiger partial charge in [0.05, 0.1) is 24.8 Å². The zero-order valence-corrected chi connectivity index (χ0v) is 19.8. The highest BCUT2D eigenvalue weighted by Gasteiger charge is 2.16. The van der Waals surface area contributed by atoms with Crippen molar-refractivity contribution in [3.05, 3.63) is 65.8 Å². The summed E-state index contributed by atoms with van der Waals surface area (Å²) in [6.45, 7) is 0.768. The molecule has 35 heavy (non-hydrogen) atoms. The van der Waals surface area contributed by atoms with Crippen molar-refractivity contribution in [1.82, 2.24) is 15.3 Å². The number of urea groups is 1. The van der Waals surface area contributed by atoms with Crippen molar-refractivity contribution < 1.29 is 23.8 Å². The van der Waals surface area contributed by atoms with Crippen LogP contribution in [0.3, 0.4) is 0 Å². The fraction of sp³-hybridized carbons (Fsp3) is 0.167. The Morgan fingerprint density at radius 3 is 2.51 bits per heavy atom. The molecule has 0 unspecified atom stereocenters. The number of benzene rings is 2. The molecular formula is C24H23N5O5S. The predicted molar refractivity (Wildman–Crippen MR) is 134 cm³/mol. The van der Waals surface area contributed by atoms with Gasteiger partial charge in [-0.3, -0.25) is 15.1 Å². The van der Waals surface area contributed by atoms with Crippen molar-refractivity contribution in [1.29, 1.82) is 0 Å². The van der Waals surface area contributed by atoms with Crippen molar-refractivity contribution in [3.8, 4) is 17.2 Å². The number of methoxy groups -OCH3 is 2. The minimum absolute atomic E-state index is 0.290. The predicted octanol–water partition coefficient (Wildman–Crippen LogP) is 4.51. The summed E-state index contributed by atoms with van der Waals surface area (Å²) in [7, 11) is 3.07. The van der Waals surface area contributed by atoms with E-state index in [9.17, 15) is 9.59 Å². The number of thiazole rings is 1. The highest BCUT2D eigenvalue weighted by molar-refractivity contribution is 7.13. The highest BCUT2D eigenvalue weighted by atomic mass is 32.1. The van der Waals surface area contributed by atoms with E-state index in [0.717, 1.165) is 0 Å². The number of carbonyl (C=O) groups excluding carboxylic acids is 2. The van der Waals surface area contributed by atoms with Gasteiger partial charge in [0.15, 0.2) is 5.13 Å². The first-order chi connectivity index (χ1) is 17.1. The summed E-state index contributed by atoms with van der Waals surface area (Å²) < 4.78 is 16.5. The molecule has 0 aliphatic heterocycles. The van der Waals surface area contributed by atoms with Gasteiger partial charge >= 0.3 is 6.03 Å². The first-order valence-corrected chi connectivity index (χ1v) is 11.4. The van der Waals surface area contributed by atoms with E-state index in [1.165, 1.54) is 18.4 Å². The third-order valence-corrected chi connectivity index (χ3v) is 5.54. The van der Waals surface area contributed by atoms with E-state index in [4.69, 9.17) is 14.2 Å². The molecule has 2 aromatic carbocycles. The number of pyridine rings is 1. The molecular weight excluding hydrogens is 470 g/mol. The van der Waals surface area contributed by atoms with E-state index >= 15 is 0 Å². The normalized spacial score (nSPS) is 10.6. The Hall–Kier alpha value is -4.22. The fourth-order valence-corrected chi connectivity index (χ4v) is 3.75. The van der Waals surface area contributed by atoms with Crippen LogP contribution in [0.4, 0.5) is 15.6 Å². The number of aromatic nitrogens is 2. The Balaban J connectivity index is 1.51. The molecule has 2 aromatic heterocycles. The van der Waals surface area contributed by atoms with Crippen molar-refractivity contribution >= 4 is 45.0 Å². The number of nitrogens with one attached hydrogen (secondary N) is 3. The molecule has 4 aromatic rings. The number of nitrogens with zero attached hydrogens (tertiary/aromatic N) is 2. The average molecular weight is 494 g/mol. The van der Waals surface area contributed by atoms with Crippen LogP contribution in [0.25, 0.3) is 10.9 Å². The van der Waals surface area contributed by atoms with Gasteiger partial charge in [0.1, 0.15) is 17.2 Å². The molecule has 2 heterocycles. The SMILES string of the molecule is COCCNC(=O)c1cc2c(Oc3ccc(NC(=O)Nc4nccs4)cc3)ccnc2cc1OC. The van der Waals surface area contributed by atoms with Crippen LogP contribution in [0.15, 0.2) is 60.2 Å². The van der Waals surface area contributed by atoms with Gasteiger partial charge in [-0.1, -0.05) is 0 Å². The number of carbonyl (C=O) groups is 2. The molecule has 0 aliphatic carbocycles. The quantitative estimate of drug-likeness (QED) is 0.293. The lowest BCUT2D eigenvalue weighted by atomic mass is 10.1. The summed E-state index contributed by atoms with van der Waals surface area (Å²) in [6, 6.07) is 11.6. The Bertz CT molecular complexity index is 1310. The Morgan fingerprint density at radius 1 is 0.971 bits per heavy atom. The van der Waals surface area contributed by atoms with E-state index in [-0.39, 0.29) is 11.9 Å². The van der Waals surface area contributed by atoms with Crippen LogP contribution in [0, 0.1) is 0 Å². The minimum Gasteiger partial charge on any atom is -0.496 e. The summed E-state index contributed by atoms with van der Waals surface area (Å²) >= 11 is 1.33. The second-order valence-electron chi connectivity index (χ2n) is 7.17. The molecule has 0 fully saturated rings. The molecule has 0 saturated carbocycles. The third-order valence-electron chi connectivity index (χ3n) is 4.85. The molecule has 3 amide bonds. The molecule has 180 valence electrons.